The Bertz CT molecular complexity index is 663. The van der Waals surface area contributed by atoms with Gasteiger partial charge >= 0.3 is 0 Å². The third kappa shape index (κ3) is 2.29. The van der Waals surface area contributed by atoms with Crippen LogP contribution in [0.5, 0.6) is 0 Å². The average Bonchev–Trinajstić information content (AvgIpc) is 2.80. The van der Waals surface area contributed by atoms with E-state index in [4.69, 9.17) is 0 Å². The maximum Gasteiger partial charge on any atom is 0.256 e. The minimum atomic E-state index is -0.214. The predicted molar refractivity (Wildman–Crippen MR) is 75.2 cm³/mol. The van der Waals surface area contributed by atoms with Crippen LogP contribution in [-0.4, -0.2) is 34.2 Å². The third-order valence-corrected chi connectivity index (χ3v) is 3.88. The van der Waals surface area contributed by atoms with Crippen LogP contribution in [0.2, 0.25) is 0 Å². The minimum Gasteiger partial charge on any atom is -0.392 e. The molecule has 0 bridgehead atoms. The van der Waals surface area contributed by atoms with E-state index in [2.05, 4.69) is 9.88 Å². The van der Waals surface area contributed by atoms with Gasteiger partial charge in [-0.1, -0.05) is 18.2 Å². The molecule has 2 N–H and O–H groups in total. The highest BCUT2D eigenvalue weighted by atomic mass is 16.3. The molecule has 100 valence electrons. The van der Waals surface area contributed by atoms with Gasteiger partial charge in [0.15, 0.2) is 0 Å². The summed E-state index contributed by atoms with van der Waals surface area (Å²) in [5.41, 5.74) is 2.05. The van der Waals surface area contributed by atoms with Gasteiger partial charge in [-0.2, -0.15) is 0 Å². The molecule has 0 aliphatic carbocycles. The molecule has 0 unspecified atom stereocenters. The molecule has 1 aromatic heterocycles. The zero-order valence-corrected chi connectivity index (χ0v) is 11.0. The highest BCUT2D eigenvalue weighted by Gasteiger charge is 2.21. The molecule has 3 rings (SSSR count). The first kappa shape index (κ1) is 12.4. The molecule has 2 heterocycles. The summed E-state index contributed by atoms with van der Waals surface area (Å²) in [7, 11) is 0. The van der Waals surface area contributed by atoms with E-state index in [1.807, 2.05) is 31.2 Å². The average molecular weight is 258 g/mol. The number of pyridine rings is 1. The molecular weight excluding hydrogens is 240 g/mol. The van der Waals surface area contributed by atoms with Crippen molar-refractivity contribution in [2.45, 2.75) is 26.0 Å². The van der Waals surface area contributed by atoms with Gasteiger partial charge in [0, 0.05) is 30.7 Å². The van der Waals surface area contributed by atoms with Crippen molar-refractivity contribution in [2.24, 2.45) is 0 Å². The monoisotopic (exact) mass is 258 g/mol. The number of rotatable bonds is 2. The fourth-order valence-corrected chi connectivity index (χ4v) is 2.84. The first-order valence-corrected chi connectivity index (χ1v) is 6.66. The Morgan fingerprint density at radius 3 is 2.79 bits per heavy atom. The van der Waals surface area contributed by atoms with Gasteiger partial charge in [-0.25, -0.2) is 0 Å². The summed E-state index contributed by atoms with van der Waals surface area (Å²) in [5.74, 6) is 0. The first-order valence-electron chi connectivity index (χ1n) is 6.66. The SMILES string of the molecule is Cc1[nH]c(=O)c2ccccc2c1CN1CC[C@H](O)C1. The van der Waals surface area contributed by atoms with Crippen molar-refractivity contribution in [1.29, 1.82) is 0 Å². The summed E-state index contributed by atoms with van der Waals surface area (Å²) in [4.78, 5) is 17.1. The topological polar surface area (TPSA) is 56.3 Å². The molecule has 1 aliphatic rings. The Morgan fingerprint density at radius 2 is 2.11 bits per heavy atom. The number of aromatic amines is 1. The molecule has 1 saturated heterocycles. The number of benzene rings is 1. The molecule has 0 amide bonds. The van der Waals surface area contributed by atoms with Gasteiger partial charge in [-0.3, -0.25) is 9.69 Å². The Morgan fingerprint density at radius 1 is 1.37 bits per heavy atom. The standard InChI is InChI=1S/C15H18N2O2/c1-10-14(9-17-7-6-11(18)8-17)12-4-2-3-5-13(12)15(19)16-10/h2-5,11,18H,6-9H2,1H3,(H,16,19)/t11-/m0/s1. The molecule has 0 spiro atoms. The van der Waals surface area contributed by atoms with Crippen molar-refractivity contribution in [3.8, 4) is 0 Å². The van der Waals surface area contributed by atoms with Crippen molar-refractivity contribution in [3.05, 3.63) is 45.9 Å². The molecule has 1 aromatic carbocycles. The lowest BCUT2D eigenvalue weighted by Crippen LogP contribution is -2.23. The Kier molecular flexibility index (Phi) is 3.12. The van der Waals surface area contributed by atoms with E-state index in [1.165, 1.54) is 0 Å². The number of aryl methyl sites for hydroxylation is 1. The second-order valence-electron chi connectivity index (χ2n) is 5.28. The molecule has 1 fully saturated rings. The molecule has 0 saturated carbocycles. The van der Waals surface area contributed by atoms with Crippen LogP contribution in [0.4, 0.5) is 0 Å². The lowest BCUT2D eigenvalue weighted by molar-refractivity contribution is 0.175. The molecule has 0 radical (unpaired) electrons. The smallest absolute Gasteiger partial charge is 0.256 e. The van der Waals surface area contributed by atoms with Crippen molar-refractivity contribution >= 4 is 10.8 Å². The van der Waals surface area contributed by atoms with E-state index >= 15 is 0 Å². The number of likely N-dealkylation sites (tertiary alicyclic amines) is 1. The van der Waals surface area contributed by atoms with Crippen molar-refractivity contribution in [2.75, 3.05) is 13.1 Å². The van der Waals surface area contributed by atoms with Gasteiger partial charge in [-0.15, -0.1) is 0 Å². The van der Waals surface area contributed by atoms with E-state index in [1.54, 1.807) is 0 Å². The zero-order chi connectivity index (χ0) is 13.4. The van der Waals surface area contributed by atoms with E-state index in [0.29, 0.717) is 6.54 Å². The third-order valence-electron chi connectivity index (χ3n) is 3.88. The molecule has 1 atom stereocenters. The Labute approximate surface area is 111 Å². The van der Waals surface area contributed by atoms with Crippen molar-refractivity contribution < 1.29 is 5.11 Å². The lowest BCUT2D eigenvalue weighted by atomic mass is 10.0. The number of aromatic nitrogens is 1. The van der Waals surface area contributed by atoms with Crippen LogP contribution in [0.3, 0.4) is 0 Å². The number of aliphatic hydroxyl groups is 1. The number of fused-ring (bicyclic) bond motifs is 1. The first-order chi connectivity index (χ1) is 9.15. The fraction of sp³-hybridized carbons (Fsp3) is 0.400. The summed E-state index contributed by atoms with van der Waals surface area (Å²) in [5, 5.41) is 11.4. The van der Waals surface area contributed by atoms with E-state index in [-0.39, 0.29) is 11.7 Å². The number of hydrogen-bond donors (Lipinski definition) is 2. The number of nitrogens with zero attached hydrogens (tertiary/aromatic N) is 1. The molecule has 4 heteroatoms. The number of β-amino-alcohol motifs (C(OH)–C–C–N with tert-alkyl or cyclic N) is 1. The van der Waals surface area contributed by atoms with Crippen molar-refractivity contribution in [3.63, 3.8) is 0 Å². The molecular formula is C15H18N2O2. The van der Waals surface area contributed by atoms with Crippen LogP contribution in [0.1, 0.15) is 17.7 Å². The van der Waals surface area contributed by atoms with Crippen LogP contribution >= 0.6 is 0 Å². The van der Waals surface area contributed by atoms with E-state index in [0.717, 1.165) is 41.5 Å². The highest BCUT2D eigenvalue weighted by molar-refractivity contribution is 5.85. The number of H-pyrrole nitrogens is 1. The minimum absolute atomic E-state index is 0.0293. The van der Waals surface area contributed by atoms with Gasteiger partial charge < -0.3 is 10.1 Å². The summed E-state index contributed by atoms with van der Waals surface area (Å²) >= 11 is 0. The quantitative estimate of drug-likeness (QED) is 0.856. The van der Waals surface area contributed by atoms with Crippen LogP contribution in [0, 0.1) is 6.92 Å². The largest absolute Gasteiger partial charge is 0.392 e. The van der Waals surface area contributed by atoms with E-state index < -0.39 is 0 Å². The second-order valence-corrected chi connectivity index (χ2v) is 5.28. The maximum atomic E-state index is 11.9. The number of nitrogens with one attached hydrogen (secondary N) is 1. The zero-order valence-electron chi connectivity index (χ0n) is 11.0. The van der Waals surface area contributed by atoms with Crippen molar-refractivity contribution in [1.82, 2.24) is 9.88 Å². The lowest BCUT2D eigenvalue weighted by Gasteiger charge is -2.18. The molecule has 1 aliphatic heterocycles. The van der Waals surface area contributed by atoms with Crippen LogP contribution in [-0.2, 0) is 6.54 Å². The van der Waals surface area contributed by atoms with Gasteiger partial charge in [0.05, 0.1) is 6.10 Å². The number of hydrogen-bond acceptors (Lipinski definition) is 3. The summed E-state index contributed by atoms with van der Waals surface area (Å²) in [6.45, 7) is 4.34. The van der Waals surface area contributed by atoms with Crippen LogP contribution in [0.15, 0.2) is 29.1 Å². The Hall–Kier alpha value is -1.65. The van der Waals surface area contributed by atoms with Gasteiger partial charge in [-0.05, 0) is 30.4 Å². The summed E-state index contributed by atoms with van der Waals surface area (Å²) < 4.78 is 0. The predicted octanol–water partition coefficient (Wildman–Crippen LogP) is 1.40. The van der Waals surface area contributed by atoms with Gasteiger partial charge in [0.25, 0.3) is 5.56 Å². The molecule has 4 nitrogen and oxygen atoms in total. The Balaban J connectivity index is 2.05. The van der Waals surface area contributed by atoms with Gasteiger partial charge in [0.2, 0.25) is 0 Å². The van der Waals surface area contributed by atoms with Gasteiger partial charge in [0.1, 0.15) is 0 Å². The summed E-state index contributed by atoms with van der Waals surface area (Å²) in [6.07, 6.45) is 0.620. The molecule has 2 aromatic rings. The van der Waals surface area contributed by atoms with E-state index in [9.17, 15) is 9.90 Å². The number of aliphatic hydroxyl groups excluding tert-OH is 1. The summed E-state index contributed by atoms with van der Waals surface area (Å²) in [6, 6.07) is 7.70. The second kappa shape index (κ2) is 4.79. The highest BCUT2D eigenvalue weighted by Crippen LogP contribution is 2.21. The fourth-order valence-electron chi connectivity index (χ4n) is 2.84. The van der Waals surface area contributed by atoms with Crippen LogP contribution in [0.25, 0.3) is 10.8 Å². The molecule has 19 heavy (non-hydrogen) atoms. The van der Waals surface area contributed by atoms with Crippen LogP contribution < -0.4 is 5.56 Å². The normalized spacial score (nSPS) is 20.2. The maximum absolute atomic E-state index is 11.9.